The zero-order valence-electron chi connectivity index (χ0n) is 16.2. The fourth-order valence-corrected chi connectivity index (χ4v) is 3.02. The van der Waals surface area contributed by atoms with Crippen molar-refractivity contribution in [2.75, 3.05) is 7.11 Å². The molecule has 1 rings (SSSR count). The predicted octanol–water partition coefficient (Wildman–Crippen LogP) is 5.44. The molecule has 1 aliphatic carbocycles. The van der Waals surface area contributed by atoms with Crippen molar-refractivity contribution in [3.8, 4) is 0 Å². The average Bonchev–Trinajstić information content (AvgIpc) is 2.38. The average molecular weight is 315 g/mol. The number of hydrogen-bond donors (Lipinski definition) is 2. The lowest BCUT2D eigenvalue weighted by atomic mass is 9.56. The Balaban J connectivity index is 0.00000135. The van der Waals surface area contributed by atoms with Crippen LogP contribution in [-0.4, -0.2) is 23.1 Å². The first-order valence-corrected chi connectivity index (χ1v) is 8.38. The van der Waals surface area contributed by atoms with Gasteiger partial charge in [-0.15, -0.1) is 0 Å². The van der Waals surface area contributed by atoms with Gasteiger partial charge in [0.25, 0.3) is 0 Å². The molecule has 0 radical (unpaired) electrons. The van der Waals surface area contributed by atoms with E-state index in [4.69, 9.17) is 5.26 Å². The van der Waals surface area contributed by atoms with E-state index in [2.05, 4.69) is 52.5 Å². The van der Waals surface area contributed by atoms with Crippen molar-refractivity contribution < 1.29 is 15.3 Å². The lowest BCUT2D eigenvalue weighted by Crippen LogP contribution is -2.45. The minimum atomic E-state index is -0.612. The summed E-state index contributed by atoms with van der Waals surface area (Å²) in [6, 6.07) is 0. The third-order valence-corrected chi connectivity index (χ3v) is 6.52. The molecule has 0 spiro atoms. The number of allylic oxidation sites excluding steroid dienone is 2. The van der Waals surface area contributed by atoms with E-state index in [0.717, 1.165) is 19.3 Å². The van der Waals surface area contributed by atoms with Gasteiger partial charge in [0.05, 0.1) is 12.7 Å². The lowest BCUT2D eigenvalue weighted by molar-refractivity contribution is -0.214. The highest BCUT2D eigenvalue weighted by Crippen LogP contribution is 2.54. The molecule has 1 atom stereocenters. The SMILES string of the molecule is CCC(C)(C)C(C)(C)C1=CCCC(C)(C(C)(C)O)C1.COO. The van der Waals surface area contributed by atoms with Crippen LogP contribution in [0.15, 0.2) is 11.6 Å². The molecule has 3 heteroatoms. The summed E-state index contributed by atoms with van der Waals surface area (Å²) in [6.07, 6.45) is 6.82. The molecule has 0 saturated carbocycles. The van der Waals surface area contributed by atoms with E-state index < -0.39 is 5.60 Å². The molecule has 1 unspecified atom stereocenters. The smallest absolute Gasteiger partial charge is 0.0710 e. The fourth-order valence-electron chi connectivity index (χ4n) is 3.02. The van der Waals surface area contributed by atoms with Crippen LogP contribution in [0.3, 0.4) is 0 Å². The molecule has 22 heavy (non-hydrogen) atoms. The van der Waals surface area contributed by atoms with Crippen molar-refractivity contribution in [1.82, 2.24) is 0 Å². The second-order valence-corrected chi connectivity index (χ2v) is 8.61. The first kappa shape index (κ1) is 21.6. The number of aliphatic hydroxyl groups is 1. The van der Waals surface area contributed by atoms with Crippen LogP contribution in [0.5, 0.6) is 0 Å². The molecule has 0 aliphatic heterocycles. The molecule has 0 aromatic heterocycles. The largest absolute Gasteiger partial charge is 0.390 e. The van der Waals surface area contributed by atoms with E-state index in [9.17, 15) is 5.11 Å². The Labute approximate surface area is 137 Å². The molecule has 3 nitrogen and oxygen atoms in total. The van der Waals surface area contributed by atoms with Crippen molar-refractivity contribution in [3.05, 3.63) is 11.6 Å². The summed E-state index contributed by atoms with van der Waals surface area (Å²) in [7, 11) is 1.18. The molecule has 0 aromatic rings. The first-order chi connectivity index (χ1) is 9.79. The van der Waals surface area contributed by atoms with Crippen molar-refractivity contribution >= 4 is 0 Å². The molecule has 0 amide bonds. The summed E-state index contributed by atoms with van der Waals surface area (Å²) in [6.45, 7) is 17.9. The Kier molecular flexibility index (Phi) is 7.33. The normalized spacial score (nSPS) is 23.5. The number of hydrogen-bond acceptors (Lipinski definition) is 3. The zero-order valence-corrected chi connectivity index (χ0v) is 16.2. The monoisotopic (exact) mass is 314 g/mol. The molecule has 1 aliphatic rings. The van der Waals surface area contributed by atoms with E-state index in [1.807, 2.05) is 13.8 Å². The van der Waals surface area contributed by atoms with Crippen molar-refractivity contribution in [2.45, 2.75) is 86.7 Å². The summed E-state index contributed by atoms with van der Waals surface area (Å²) in [4.78, 5) is 3.25. The van der Waals surface area contributed by atoms with Gasteiger partial charge in [0.15, 0.2) is 0 Å². The Bertz CT molecular complexity index is 375. The summed E-state index contributed by atoms with van der Waals surface area (Å²) >= 11 is 0. The van der Waals surface area contributed by atoms with Crippen molar-refractivity contribution in [3.63, 3.8) is 0 Å². The summed E-state index contributed by atoms with van der Waals surface area (Å²) in [5.41, 5.74) is 1.40. The predicted molar refractivity (Wildman–Crippen MR) is 93.8 cm³/mol. The minimum absolute atomic E-state index is 0.00181. The van der Waals surface area contributed by atoms with Gasteiger partial charge >= 0.3 is 0 Å². The maximum atomic E-state index is 10.5. The lowest BCUT2D eigenvalue weighted by Gasteiger charge is -2.50. The highest BCUT2D eigenvalue weighted by molar-refractivity contribution is 5.22. The third kappa shape index (κ3) is 4.56. The zero-order chi connectivity index (χ0) is 17.8. The molecular weight excluding hydrogens is 276 g/mol. The molecule has 132 valence electrons. The highest BCUT2D eigenvalue weighted by Gasteiger charge is 2.46. The molecule has 0 aromatic carbocycles. The third-order valence-electron chi connectivity index (χ3n) is 6.52. The van der Waals surface area contributed by atoms with Gasteiger partial charge in [0.1, 0.15) is 0 Å². The molecular formula is C19H38O3. The standard InChI is InChI=1S/C18H34O.CH4O2/c1-9-15(2,3)16(4,5)14-11-10-12-18(8,13-14)17(6,7)19;1-3-2/h11,19H,9-10,12-13H2,1-8H3;2H,1H3. The van der Waals surface area contributed by atoms with Crippen LogP contribution in [0.4, 0.5) is 0 Å². The molecule has 0 bridgehead atoms. The molecule has 2 N–H and O–H groups in total. The van der Waals surface area contributed by atoms with Crippen LogP contribution >= 0.6 is 0 Å². The maximum Gasteiger partial charge on any atom is 0.0710 e. The van der Waals surface area contributed by atoms with Gasteiger partial charge in [0.2, 0.25) is 0 Å². The quantitative estimate of drug-likeness (QED) is 0.412. The molecule has 0 heterocycles. The van der Waals surface area contributed by atoms with Gasteiger partial charge in [-0.05, 0) is 49.4 Å². The van der Waals surface area contributed by atoms with E-state index >= 15 is 0 Å². The summed E-state index contributed by atoms with van der Waals surface area (Å²) in [5, 5.41) is 17.6. The van der Waals surface area contributed by atoms with Gasteiger partial charge in [-0.3, -0.25) is 5.26 Å². The fraction of sp³-hybridized carbons (Fsp3) is 0.895. The van der Waals surface area contributed by atoms with Crippen LogP contribution < -0.4 is 0 Å². The van der Waals surface area contributed by atoms with E-state index in [1.54, 1.807) is 0 Å². The van der Waals surface area contributed by atoms with Gasteiger partial charge in [-0.2, -0.15) is 0 Å². The first-order valence-electron chi connectivity index (χ1n) is 8.38. The van der Waals surface area contributed by atoms with E-state index in [0.29, 0.717) is 0 Å². The van der Waals surface area contributed by atoms with Crippen LogP contribution in [0, 0.1) is 16.2 Å². The topological polar surface area (TPSA) is 49.7 Å². The second kappa shape index (κ2) is 7.46. The number of rotatable bonds is 4. The second-order valence-electron chi connectivity index (χ2n) is 8.61. The van der Waals surface area contributed by atoms with Gasteiger partial charge in [-0.25, -0.2) is 4.89 Å². The van der Waals surface area contributed by atoms with Crippen LogP contribution in [-0.2, 0) is 4.89 Å². The van der Waals surface area contributed by atoms with Gasteiger partial charge in [0, 0.05) is 0 Å². The van der Waals surface area contributed by atoms with E-state index in [1.165, 1.54) is 19.1 Å². The van der Waals surface area contributed by atoms with Gasteiger partial charge < -0.3 is 5.11 Å². The Morgan fingerprint density at radius 1 is 1.18 bits per heavy atom. The Morgan fingerprint density at radius 2 is 1.64 bits per heavy atom. The minimum Gasteiger partial charge on any atom is -0.390 e. The Morgan fingerprint density at radius 3 is 2.00 bits per heavy atom. The highest BCUT2D eigenvalue weighted by atomic mass is 17.1. The maximum absolute atomic E-state index is 10.5. The summed E-state index contributed by atoms with van der Waals surface area (Å²) < 4.78 is 0. The van der Waals surface area contributed by atoms with Crippen LogP contribution in [0.1, 0.15) is 81.1 Å². The molecule has 0 saturated heterocycles. The van der Waals surface area contributed by atoms with E-state index in [-0.39, 0.29) is 16.2 Å². The summed E-state index contributed by atoms with van der Waals surface area (Å²) in [5.74, 6) is 0. The van der Waals surface area contributed by atoms with Crippen LogP contribution in [0.2, 0.25) is 0 Å². The Hall–Kier alpha value is -0.380. The molecule has 0 fully saturated rings. The van der Waals surface area contributed by atoms with Crippen LogP contribution in [0.25, 0.3) is 0 Å². The van der Waals surface area contributed by atoms with Crippen molar-refractivity contribution in [1.29, 1.82) is 0 Å². The van der Waals surface area contributed by atoms with Gasteiger partial charge in [-0.1, -0.05) is 59.6 Å². The van der Waals surface area contributed by atoms with Crippen molar-refractivity contribution in [2.24, 2.45) is 16.2 Å².